The number of hydrogen-bond acceptors (Lipinski definition) is 2. The minimum Gasteiger partial charge on any atom is -0.322 e. The number of benzene rings is 3. The van der Waals surface area contributed by atoms with Gasteiger partial charge in [-0.1, -0.05) is 97.1 Å². The summed E-state index contributed by atoms with van der Waals surface area (Å²) >= 11 is 1.74. The van der Waals surface area contributed by atoms with E-state index in [1.165, 1.54) is 21.7 Å². The van der Waals surface area contributed by atoms with Crippen LogP contribution in [0.2, 0.25) is 0 Å². The molecule has 0 spiro atoms. The van der Waals surface area contributed by atoms with E-state index in [0.29, 0.717) is 0 Å². The summed E-state index contributed by atoms with van der Waals surface area (Å²) in [4.78, 5) is 6.38. The molecule has 0 unspecified atom stereocenters. The van der Waals surface area contributed by atoms with Gasteiger partial charge in [0.05, 0.1) is 16.3 Å². The Morgan fingerprint density at radius 1 is 0.667 bits per heavy atom. The molecule has 0 saturated carbocycles. The van der Waals surface area contributed by atoms with Gasteiger partial charge in [-0.2, -0.15) is 0 Å². The summed E-state index contributed by atoms with van der Waals surface area (Å²) in [5.74, 6) is 1.04. The Bertz CT molecular complexity index is 1210. The number of imidazole rings is 1. The molecule has 30 heavy (non-hydrogen) atoms. The summed E-state index contributed by atoms with van der Waals surface area (Å²) in [6.45, 7) is 0.876. The fourth-order valence-corrected chi connectivity index (χ4v) is 4.56. The Morgan fingerprint density at radius 3 is 1.93 bits per heavy atom. The Balaban J connectivity index is 1.70. The highest BCUT2D eigenvalue weighted by molar-refractivity contribution is 7.13. The SMILES string of the molecule is c1ccc(CCn2c(-c3cccs3)nc(-c3ccccc3)c2-c2ccccc2)cc1. The highest BCUT2D eigenvalue weighted by Crippen LogP contribution is 2.37. The van der Waals surface area contributed by atoms with Crippen LogP contribution >= 0.6 is 11.3 Å². The van der Waals surface area contributed by atoms with Gasteiger partial charge < -0.3 is 4.57 Å². The van der Waals surface area contributed by atoms with Crippen LogP contribution in [0, 0.1) is 0 Å². The molecule has 0 saturated heterocycles. The largest absolute Gasteiger partial charge is 0.322 e. The van der Waals surface area contributed by atoms with Crippen LogP contribution < -0.4 is 0 Å². The fraction of sp³-hybridized carbons (Fsp3) is 0.0741. The molecular formula is C27H22N2S. The molecule has 146 valence electrons. The number of rotatable bonds is 6. The lowest BCUT2D eigenvalue weighted by atomic mass is 10.0. The van der Waals surface area contributed by atoms with Crippen LogP contribution in [0.3, 0.4) is 0 Å². The van der Waals surface area contributed by atoms with Crippen molar-refractivity contribution in [3.63, 3.8) is 0 Å². The number of nitrogens with zero attached hydrogens (tertiary/aromatic N) is 2. The lowest BCUT2D eigenvalue weighted by molar-refractivity contribution is 0.710. The smallest absolute Gasteiger partial charge is 0.151 e. The van der Waals surface area contributed by atoms with Gasteiger partial charge in [-0.3, -0.25) is 0 Å². The first-order valence-corrected chi connectivity index (χ1v) is 11.1. The van der Waals surface area contributed by atoms with Gasteiger partial charge in [0, 0.05) is 17.7 Å². The van der Waals surface area contributed by atoms with E-state index in [1.54, 1.807) is 11.3 Å². The van der Waals surface area contributed by atoms with Crippen LogP contribution in [0.1, 0.15) is 5.56 Å². The maximum Gasteiger partial charge on any atom is 0.151 e. The second kappa shape index (κ2) is 8.52. The van der Waals surface area contributed by atoms with Crippen molar-refractivity contribution in [2.45, 2.75) is 13.0 Å². The van der Waals surface area contributed by atoms with Gasteiger partial charge in [0.15, 0.2) is 5.82 Å². The van der Waals surface area contributed by atoms with Crippen molar-refractivity contribution < 1.29 is 0 Å². The predicted molar refractivity (Wildman–Crippen MR) is 127 cm³/mol. The topological polar surface area (TPSA) is 17.8 Å². The van der Waals surface area contributed by atoms with Gasteiger partial charge in [0.1, 0.15) is 0 Å². The Morgan fingerprint density at radius 2 is 1.30 bits per heavy atom. The molecule has 0 amide bonds. The molecule has 0 radical (unpaired) electrons. The summed E-state index contributed by atoms with van der Waals surface area (Å²) in [5.41, 5.74) is 5.90. The number of aryl methyl sites for hydroxylation is 1. The Labute approximate surface area is 181 Å². The highest BCUT2D eigenvalue weighted by Gasteiger charge is 2.21. The molecule has 2 heterocycles. The molecule has 0 atom stereocenters. The first-order valence-electron chi connectivity index (χ1n) is 10.2. The molecule has 0 fully saturated rings. The molecule has 0 aliphatic heterocycles. The van der Waals surface area contributed by atoms with E-state index in [-0.39, 0.29) is 0 Å². The second-order valence-corrected chi connectivity index (χ2v) is 8.18. The lowest BCUT2D eigenvalue weighted by Crippen LogP contribution is -2.05. The molecule has 0 N–H and O–H groups in total. The number of aromatic nitrogens is 2. The van der Waals surface area contributed by atoms with E-state index in [0.717, 1.165) is 30.0 Å². The van der Waals surface area contributed by atoms with Gasteiger partial charge in [0.25, 0.3) is 0 Å². The van der Waals surface area contributed by atoms with Crippen molar-refractivity contribution in [1.82, 2.24) is 9.55 Å². The van der Waals surface area contributed by atoms with Crippen LogP contribution in [-0.2, 0) is 13.0 Å². The van der Waals surface area contributed by atoms with Gasteiger partial charge >= 0.3 is 0 Å². The highest BCUT2D eigenvalue weighted by atomic mass is 32.1. The molecule has 3 aromatic carbocycles. The molecule has 0 aliphatic carbocycles. The van der Waals surface area contributed by atoms with E-state index in [1.807, 2.05) is 0 Å². The van der Waals surface area contributed by atoms with Crippen molar-refractivity contribution in [3.8, 4) is 33.2 Å². The fourth-order valence-electron chi connectivity index (χ4n) is 3.84. The molecule has 5 rings (SSSR count). The summed E-state index contributed by atoms with van der Waals surface area (Å²) < 4.78 is 2.40. The van der Waals surface area contributed by atoms with Gasteiger partial charge in [-0.25, -0.2) is 4.98 Å². The maximum atomic E-state index is 5.18. The average molecular weight is 407 g/mol. The molecule has 3 heteroatoms. The minimum atomic E-state index is 0.876. The summed E-state index contributed by atoms with van der Waals surface area (Å²) in [5, 5.41) is 2.12. The third-order valence-electron chi connectivity index (χ3n) is 5.27. The van der Waals surface area contributed by atoms with E-state index in [2.05, 4.69) is 113 Å². The zero-order chi connectivity index (χ0) is 20.2. The second-order valence-electron chi connectivity index (χ2n) is 7.23. The lowest BCUT2D eigenvalue weighted by Gasteiger charge is -2.13. The molecule has 2 aromatic heterocycles. The van der Waals surface area contributed by atoms with Crippen molar-refractivity contribution >= 4 is 11.3 Å². The summed E-state index contributed by atoms with van der Waals surface area (Å²) in [6, 6.07) is 36.1. The molecular weight excluding hydrogens is 384 g/mol. The quantitative estimate of drug-likeness (QED) is 0.292. The molecule has 0 aliphatic rings. The van der Waals surface area contributed by atoms with Crippen LogP contribution in [0.4, 0.5) is 0 Å². The zero-order valence-electron chi connectivity index (χ0n) is 16.6. The van der Waals surface area contributed by atoms with Crippen molar-refractivity contribution in [1.29, 1.82) is 0 Å². The normalized spacial score (nSPS) is 10.9. The van der Waals surface area contributed by atoms with E-state index >= 15 is 0 Å². The van der Waals surface area contributed by atoms with Crippen LogP contribution in [0.25, 0.3) is 33.2 Å². The summed E-state index contributed by atoms with van der Waals surface area (Å²) in [7, 11) is 0. The monoisotopic (exact) mass is 406 g/mol. The van der Waals surface area contributed by atoms with Crippen LogP contribution in [-0.4, -0.2) is 9.55 Å². The van der Waals surface area contributed by atoms with E-state index in [9.17, 15) is 0 Å². The van der Waals surface area contributed by atoms with Gasteiger partial charge in [-0.05, 0) is 23.4 Å². The Hall–Kier alpha value is -3.43. The average Bonchev–Trinajstić information content (AvgIpc) is 3.47. The van der Waals surface area contributed by atoms with Crippen molar-refractivity contribution in [2.24, 2.45) is 0 Å². The molecule has 5 aromatic rings. The molecule has 2 nitrogen and oxygen atoms in total. The predicted octanol–water partition coefficient (Wildman–Crippen LogP) is 7.19. The van der Waals surface area contributed by atoms with E-state index in [4.69, 9.17) is 4.98 Å². The standard InChI is InChI=1S/C27H22N2S/c1-4-11-21(12-5-1)18-19-29-26(23-15-8-3-9-16-23)25(22-13-6-2-7-14-22)28-27(29)24-17-10-20-30-24/h1-17,20H,18-19H2. The summed E-state index contributed by atoms with van der Waals surface area (Å²) in [6.07, 6.45) is 0.962. The first kappa shape index (κ1) is 18.6. The van der Waals surface area contributed by atoms with Gasteiger partial charge in [0.2, 0.25) is 0 Å². The number of thiophene rings is 1. The van der Waals surface area contributed by atoms with Crippen molar-refractivity contribution in [3.05, 3.63) is 114 Å². The van der Waals surface area contributed by atoms with Crippen molar-refractivity contribution in [2.75, 3.05) is 0 Å². The van der Waals surface area contributed by atoms with Crippen LogP contribution in [0.15, 0.2) is 109 Å². The third kappa shape index (κ3) is 3.72. The first-order chi connectivity index (χ1) is 14.9. The van der Waals surface area contributed by atoms with E-state index < -0.39 is 0 Å². The zero-order valence-corrected chi connectivity index (χ0v) is 17.4. The number of hydrogen-bond donors (Lipinski definition) is 0. The Kier molecular flexibility index (Phi) is 5.28. The maximum absolute atomic E-state index is 5.18. The minimum absolute atomic E-state index is 0.876. The molecule has 0 bridgehead atoms. The van der Waals surface area contributed by atoms with Gasteiger partial charge in [-0.15, -0.1) is 11.3 Å². The third-order valence-corrected chi connectivity index (χ3v) is 6.14. The van der Waals surface area contributed by atoms with Crippen LogP contribution in [0.5, 0.6) is 0 Å².